The molecule has 1 aromatic rings. The quantitative estimate of drug-likeness (QED) is 0.597. The molecule has 0 fully saturated rings. The zero-order valence-corrected chi connectivity index (χ0v) is 7.54. The SMILES string of the molecule is CC(C)(C)N.b1ccccc1. The van der Waals surface area contributed by atoms with Crippen LogP contribution in [0.5, 0.6) is 0 Å². The summed E-state index contributed by atoms with van der Waals surface area (Å²) in [4.78, 5) is 0. The third-order valence-electron chi connectivity index (χ3n) is 0.667. The summed E-state index contributed by atoms with van der Waals surface area (Å²) in [5.41, 5.74) is 5.35. The average molecular weight is 149 g/mol. The molecule has 0 aliphatic carbocycles. The van der Waals surface area contributed by atoms with E-state index in [4.69, 9.17) is 5.73 Å². The van der Waals surface area contributed by atoms with Crippen molar-refractivity contribution >= 4 is 6.91 Å². The first-order chi connectivity index (χ1) is 5.00. The number of rotatable bonds is 0. The van der Waals surface area contributed by atoms with Gasteiger partial charge in [0, 0.05) is 5.54 Å². The zero-order chi connectivity index (χ0) is 8.74. The van der Waals surface area contributed by atoms with Gasteiger partial charge in [0.1, 0.15) is 0 Å². The van der Waals surface area contributed by atoms with Gasteiger partial charge in [0.25, 0.3) is 0 Å². The van der Waals surface area contributed by atoms with Gasteiger partial charge in [-0.2, -0.15) is 0 Å². The van der Waals surface area contributed by atoms with E-state index in [1.165, 1.54) is 0 Å². The van der Waals surface area contributed by atoms with Gasteiger partial charge in [-0.25, -0.2) is 0 Å². The Kier molecular flexibility index (Phi) is 4.79. The summed E-state index contributed by atoms with van der Waals surface area (Å²) in [6.07, 6.45) is 0. The molecule has 0 saturated heterocycles. The fourth-order valence-corrected chi connectivity index (χ4v) is 0.385. The molecule has 0 saturated carbocycles. The summed E-state index contributed by atoms with van der Waals surface area (Å²) >= 11 is 0. The number of hydrogen-bond acceptors (Lipinski definition) is 1. The standard InChI is InChI=1S/C5H5B.C4H11N/c1-2-4-6-5-3-1;1-4(2,3)5/h1-5H;5H2,1-3H3. The predicted octanol–water partition coefficient (Wildman–Crippen LogP) is 1.77. The first-order valence-corrected chi connectivity index (χ1v) is 3.79. The van der Waals surface area contributed by atoms with E-state index in [0.717, 1.165) is 0 Å². The van der Waals surface area contributed by atoms with Crippen LogP contribution in [0.1, 0.15) is 20.8 Å². The fraction of sp³-hybridized carbons (Fsp3) is 0.444. The molecule has 11 heavy (non-hydrogen) atoms. The van der Waals surface area contributed by atoms with Crippen LogP contribution in [0, 0.1) is 0 Å². The van der Waals surface area contributed by atoms with Crippen LogP contribution >= 0.6 is 0 Å². The molecule has 0 aliphatic rings. The second kappa shape index (κ2) is 5.08. The Bertz CT molecular complexity index is 134. The minimum atomic E-state index is 0. The van der Waals surface area contributed by atoms with Crippen LogP contribution in [0.25, 0.3) is 0 Å². The Morgan fingerprint density at radius 3 is 1.45 bits per heavy atom. The molecule has 0 aliphatic heterocycles. The van der Waals surface area contributed by atoms with Crippen LogP contribution in [0.4, 0.5) is 0 Å². The van der Waals surface area contributed by atoms with Crippen molar-refractivity contribution in [1.29, 1.82) is 0 Å². The summed E-state index contributed by atoms with van der Waals surface area (Å²) in [7, 11) is 0. The molecular weight excluding hydrogens is 133 g/mol. The Hall–Kier alpha value is -0.625. The van der Waals surface area contributed by atoms with Crippen molar-refractivity contribution < 1.29 is 0 Å². The molecule has 0 spiro atoms. The number of hydrogen-bond donors (Lipinski definition) is 1. The molecule has 0 bridgehead atoms. The van der Waals surface area contributed by atoms with Crippen LogP contribution in [0.2, 0.25) is 0 Å². The van der Waals surface area contributed by atoms with Crippen LogP contribution in [-0.2, 0) is 0 Å². The molecule has 0 amide bonds. The molecule has 1 nitrogen and oxygen atoms in total. The Balaban J connectivity index is 0.000000187. The van der Waals surface area contributed by atoms with E-state index in [1.54, 1.807) is 0 Å². The van der Waals surface area contributed by atoms with Crippen LogP contribution in [0.3, 0.4) is 0 Å². The fourth-order valence-electron chi connectivity index (χ4n) is 0.385. The molecule has 0 atom stereocenters. The molecule has 0 aromatic carbocycles. The van der Waals surface area contributed by atoms with Gasteiger partial charge in [-0.05, 0) is 20.8 Å². The molecule has 2 heteroatoms. The topological polar surface area (TPSA) is 26.0 Å². The molecule has 1 heterocycles. The molecule has 0 radical (unpaired) electrons. The van der Waals surface area contributed by atoms with Gasteiger partial charge in [0.2, 0.25) is 0 Å². The van der Waals surface area contributed by atoms with Crippen molar-refractivity contribution in [3.63, 3.8) is 0 Å². The second-order valence-corrected chi connectivity index (χ2v) is 3.52. The maximum absolute atomic E-state index is 5.35. The van der Waals surface area contributed by atoms with E-state index >= 15 is 0 Å². The van der Waals surface area contributed by atoms with Gasteiger partial charge in [0.15, 0.2) is 0 Å². The van der Waals surface area contributed by atoms with Crippen molar-refractivity contribution in [2.45, 2.75) is 26.3 Å². The predicted molar refractivity (Wildman–Crippen MR) is 51.7 cm³/mol. The summed E-state index contributed by atoms with van der Waals surface area (Å²) < 4.78 is 0. The van der Waals surface area contributed by atoms with Gasteiger partial charge in [-0.3, -0.25) is 0 Å². The monoisotopic (exact) mass is 149 g/mol. The van der Waals surface area contributed by atoms with Gasteiger partial charge < -0.3 is 5.73 Å². The molecule has 2 N–H and O–H groups in total. The molecule has 1 aromatic heterocycles. The minimum absolute atomic E-state index is 0. The van der Waals surface area contributed by atoms with Crippen LogP contribution in [-0.4, -0.2) is 12.4 Å². The van der Waals surface area contributed by atoms with E-state index < -0.39 is 0 Å². The van der Waals surface area contributed by atoms with Crippen molar-refractivity contribution in [2.75, 3.05) is 0 Å². The van der Waals surface area contributed by atoms with Gasteiger partial charge in [-0.1, -0.05) is 0 Å². The van der Waals surface area contributed by atoms with Gasteiger partial charge in [0.05, 0.1) is 0 Å². The third-order valence-corrected chi connectivity index (χ3v) is 0.667. The summed E-state index contributed by atoms with van der Waals surface area (Å²) in [5.74, 6) is 4.00. The van der Waals surface area contributed by atoms with Crippen LogP contribution < -0.4 is 5.73 Å². The van der Waals surface area contributed by atoms with Gasteiger partial charge in [-0.15, -0.1) is 0 Å². The molecule has 60 valence electrons. The zero-order valence-electron chi connectivity index (χ0n) is 7.54. The first kappa shape index (κ1) is 10.4. The summed E-state index contributed by atoms with van der Waals surface area (Å²) in [6, 6.07) is 6.00. The second-order valence-electron chi connectivity index (χ2n) is 3.52. The Labute approximate surface area is 69.8 Å². The molecule has 0 unspecified atom stereocenters. The van der Waals surface area contributed by atoms with E-state index in [0.29, 0.717) is 0 Å². The molecule has 1 rings (SSSR count). The number of nitrogens with two attached hydrogens (primary N) is 1. The normalized spacial score (nSPS) is 9.45. The van der Waals surface area contributed by atoms with Gasteiger partial charge >= 0.3 is 37.0 Å². The van der Waals surface area contributed by atoms with Crippen molar-refractivity contribution in [2.24, 2.45) is 5.73 Å². The average Bonchev–Trinajstić information content (AvgIpc) is 1.88. The summed E-state index contributed by atoms with van der Waals surface area (Å²) in [6.45, 7) is 7.90. The molecular formula is C9H16BN. The van der Waals surface area contributed by atoms with E-state index in [1.807, 2.05) is 57.8 Å². The first-order valence-electron chi connectivity index (χ1n) is 3.79. The Morgan fingerprint density at radius 2 is 1.36 bits per heavy atom. The van der Waals surface area contributed by atoms with Crippen molar-refractivity contribution in [3.05, 3.63) is 30.1 Å². The summed E-state index contributed by atoms with van der Waals surface area (Å²) in [5, 5.41) is 0. The van der Waals surface area contributed by atoms with Crippen LogP contribution in [0.15, 0.2) is 30.1 Å². The third kappa shape index (κ3) is 17.6. The van der Waals surface area contributed by atoms with E-state index in [-0.39, 0.29) is 5.54 Å². The van der Waals surface area contributed by atoms with E-state index in [2.05, 4.69) is 0 Å². The van der Waals surface area contributed by atoms with Crippen molar-refractivity contribution in [3.8, 4) is 0 Å². The Morgan fingerprint density at radius 1 is 1.00 bits per heavy atom. The van der Waals surface area contributed by atoms with E-state index in [9.17, 15) is 0 Å². The van der Waals surface area contributed by atoms with Crippen molar-refractivity contribution in [1.82, 2.24) is 0 Å². The maximum atomic E-state index is 5.35.